The Hall–Kier alpha value is -2.40. The van der Waals surface area contributed by atoms with Gasteiger partial charge in [-0.2, -0.15) is 0 Å². The molecule has 0 bridgehead atoms. The fourth-order valence-electron chi connectivity index (χ4n) is 2.58. The average Bonchev–Trinajstić information content (AvgIpc) is 3.38. The number of nitrogens with zero attached hydrogens (tertiary/aromatic N) is 1. The Morgan fingerprint density at radius 2 is 1.83 bits per heavy atom. The van der Waals surface area contributed by atoms with Crippen molar-refractivity contribution in [1.82, 2.24) is 4.98 Å². The number of fused-ring (bicyclic) bond motifs is 1. The van der Waals surface area contributed by atoms with E-state index in [1.807, 2.05) is 24.5 Å². The minimum atomic E-state index is -3.61. The zero-order valence-electron chi connectivity index (χ0n) is 15.1. The van der Waals surface area contributed by atoms with Crippen LogP contribution >= 0.6 is 34.4 Å². The number of nitrogens with one attached hydrogen (secondary N) is 2. The molecular formula is C19H15N3O3S4. The largest absolute Gasteiger partial charge is 0.322 e. The number of thiophene rings is 1. The number of hydrogen-bond donors (Lipinski definition) is 2. The minimum absolute atomic E-state index is 0.238. The standard InChI is InChI=1S/C19H15N3O3S4/c1-26-19-21-15-9-8-14(11-16(15)28-19)20-18(23)12-4-6-13(7-5-12)22-29(24,25)17-3-2-10-27-17/h2-11,22H,1H3,(H,20,23). The zero-order chi connectivity index (χ0) is 20.4. The minimum Gasteiger partial charge on any atom is -0.322 e. The molecule has 6 nitrogen and oxygen atoms in total. The number of rotatable bonds is 6. The maximum absolute atomic E-state index is 12.5. The molecule has 4 aromatic rings. The molecule has 0 aliphatic rings. The molecule has 0 aliphatic heterocycles. The van der Waals surface area contributed by atoms with Gasteiger partial charge in [-0.1, -0.05) is 17.8 Å². The van der Waals surface area contributed by atoms with Crippen LogP contribution in [0.25, 0.3) is 10.2 Å². The summed E-state index contributed by atoms with van der Waals surface area (Å²) in [5.41, 5.74) is 2.41. The Bertz CT molecular complexity index is 1260. The molecule has 0 radical (unpaired) electrons. The fraction of sp³-hybridized carbons (Fsp3) is 0.0526. The van der Waals surface area contributed by atoms with Crippen molar-refractivity contribution in [3.63, 3.8) is 0 Å². The lowest BCUT2D eigenvalue weighted by Crippen LogP contribution is -2.13. The summed E-state index contributed by atoms with van der Waals surface area (Å²) in [6.07, 6.45) is 1.98. The van der Waals surface area contributed by atoms with Crippen LogP contribution in [0.15, 0.2) is 68.5 Å². The first-order valence-electron chi connectivity index (χ1n) is 8.37. The second-order valence-electron chi connectivity index (χ2n) is 5.94. The van der Waals surface area contributed by atoms with Crippen molar-refractivity contribution in [2.24, 2.45) is 0 Å². The van der Waals surface area contributed by atoms with E-state index in [9.17, 15) is 13.2 Å². The van der Waals surface area contributed by atoms with Gasteiger partial charge in [0.15, 0.2) is 4.34 Å². The normalized spacial score (nSPS) is 11.5. The van der Waals surface area contributed by atoms with E-state index >= 15 is 0 Å². The molecule has 0 atom stereocenters. The second kappa shape index (κ2) is 8.15. The molecule has 2 heterocycles. The Morgan fingerprint density at radius 1 is 1.07 bits per heavy atom. The number of anilines is 2. The van der Waals surface area contributed by atoms with Crippen molar-refractivity contribution in [2.75, 3.05) is 16.3 Å². The summed E-state index contributed by atoms with van der Waals surface area (Å²) in [7, 11) is -3.61. The van der Waals surface area contributed by atoms with Crippen LogP contribution < -0.4 is 10.0 Å². The lowest BCUT2D eigenvalue weighted by Gasteiger charge is -2.08. The maximum Gasteiger partial charge on any atom is 0.271 e. The Morgan fingerprint density at radius 3 is 2.52 bits per heavy atom. The van der Waals surface area contributed by atoms with Gasteiger partial charge in [0.25, 0.3) is 15.9 Å². The Labute approximate surface area is 180 Å². The first-order valence-corrected chi connectivity index (χ1v) is 12.8. The highest BCUT2D eigenvalue weighted by atomic mass is 32.2. The topological polar surface area (TPSA) is 88.2 Å². The number of carbonyl (C=O) groups is 1. The number of benzene rings is 2. The molecule has 0 saturated carbocycles. The molecule has 1 amide bonds. The number of thiazole rings is 1. The molecule has 2 aromatic carbocycles. The van der Waals surface area contributed by atoms with Crippen LogP contribution in [-0.4, -0.2) is 25.6 Å². The molecule has 0 fully saturated rings. The van der Waals surface area contributed by atoms with Crippen molar-refractivity contribution in [3.8, 4) is 0 Å². The maximum atomic E-state index is 12.5. The molecule has 29 heavy (non-hydrogen) atoms. The predicted molar refractivity (Wildman–Crippen MR) is 121 cm³/mol. The molecule has 10 heteroatoms. The van der Waals surface area contributed by atoms with Crippen molar-refractivity contribution >= 4 is 72.0 Å². The molecule has 0 saturated heterocycles. The van der Waals surface area contributed by atoms with Crippen LogP contribution in [0.3, 0.4) is 0 Å². The van der Waals surface area contributed by atoms with E-state index in [2.05, 4.69) is 15.0 Å². The summed E-state index contributed by atoms with van der Waals surface area (Å²) in [4.78, 5) is 17.0. The van der Waals surface area contributed by atoms with Crippen LogP contribution in [0.5, 0.6) is 0 Å². The molecule has 2 N–H and O–H groups in total. The van der Waals surface area contributed by atoms with Gasteiger partial charge in [-0.05, 0) is 60.2 Å². The smallest absolute Gasteiger partial charge is 0.271 e. The van der Waals surface area contributed by atoms with Gasteiger partial charge in [0.05, 0.1) is 10.2 Å². The predicted octanol–water partition coefficient (Wildman–Crippen LogP) is 5.13. The quantitative estimate of drug-likeness (QED) is 0.389. The van der Waals surface area contributed by atoms with Crippen molar-refractivity contribution < 1.29 is 13.2 Å². The van der Waals surface area contributed by atoms with Gasteiger partial charge in [0, 0.05) is 16.9 Å². The zero-order valence-corrected chi connectivity index (χ0v) is 18.3. The summed E-state index contributed by atoms with van der Waals surface area (Å²) >= 11 is 4.31. The third-order valence-electron chi connectivity index (χ3n) is 3.96. The summed E-state index contributed by atoms with van der Waals surface area (Å²) < 4.78 is 29.3. The van der Waals surface area contributed by atoms with E-state index < -0.39 is 10.0 Å². The van der Waals surface area contributed by atoms with E-state index in [1.54, 1.807) is 58.8 Å². The lowest BCUT2D eigenvalue weighted by molar-refractivity contribution is 0.102. The van der Waals surface area contributed by atoms with Gasteiger partial charge < -0.3 is 5.32 Å². The van der Waals surface area contributed by atoms with E-state index in [-0.39, 0.29) is 10.1 Å². The van der Waals surface area contributed by atoms with Gasteiger partial charge in [-0.15, -0.1) is 22.7 Å². The fourth-order valence-corrected chi connectivity index (χ4v) is 6.16. The molecular weight excluding hydrogens is 446 g/mol. The van der Waals surface area contributed by atoms with Crippen LogP contribution in [0.2, 0.25) is 0 Å². The first kappa shape index (κ1) is 19.9. The van der Waals surface area contributed by atoms with Gasteiger partial charge in [0.2, 0.25) is 0 Å². The Balaban J connectivity index is 1.47. The van der Waals surface area contributed by atoms with E-state index in [1.165, 1.54) is 6.07 Å². The third-order valence-corrected chi connectivity index (χ3v) is 8.74. The highest BCUT2D eigenvalue weighted by molar-refractivity contribution is 8.00. The molecule has 0 spiro atoms. The van der Waals surface area contributed by atoms with Gasteiger partial charge in [-0.25, -0.2) is 13.4 Å². The SMILES string of the molecule is CSc1nc2ccc(NC(=O)c3ccc(NS(=O)(=O)c4cccs4)cc3)cc2s1. The summed E-state index contributed by atoms with van der Waals surface area (Å²) in [6, 6.07) is 15.1. The number of thioether (sulfide) groups is 1. The number of carbonyl (C=O) groups excluding carboxylic acids is 1. The average molecular weight is 462 g/mol. The van der Waals surface area contributed by atoms with Crippen molar-refractivity contribution in [2.45, 2.75) is 8.55 Å². The van der Waals surface area contributed by atoms with E-state index in [0.717, 1.165) is 25.9 Å². The van der Waals surface area contributed by atoms with Crippen LogP contribution in [0.4, 0.5) is 11.4 Å². The second-order valence-corrected chi connectivity index (χ2v) is 10.9. The summed E-state index contributed by atoms with van der Waals surface area (Å²) in [6.45, 7) is 0. The van der Waals surface area contributed by atoms with Gasteiger partial charge in [0.1, 0.15) is 4.21 Å². The summed E-state index contributed by atoms with van der Waals surface area (Å²) in [5, 5.41) is 4.57. The molecule has 0 unspecified atom stereocenters. The molecule has 148 valence electrons. The highest BCUT2D eigenvalue weighted by Gasteiger charge is 2.15. The van der Waals surface area contributed by atoms with Crippen LogP contribution in [-0.2, 0) is 10.0 Å². The first-order chi connectivity index (χ1) is 13.9. The monoisotopic (exact) mass is 461 g/mol. The van der Waals surface area contributed by atoms with E-state index in [4.69, 9.17) is 0 Å². The number of hydrogen-bond acceptors (Lipinski definition) is 7. The third kappa shape index (κ3) is 4.45. The van der Waals surface area contributed by atoms with Crippen LogP contribution in [0.1, 0.15) is 10.4 Å². The summed E-state index contributed by atoms with van der Waals surface area (Å²) in [5.74, 6) is -0.272. The lowest BCUT2D eigenvalue weighted by atomic mass is 10.2. The van der Waals surface area contributed by atoms with Crippen molar-refractivity contribution in [3.05, 3.63) is 65.5 Å². The van der Waals surface area contributed by atoms with Gasteiger partial charge >= 0.3 is 0 Å². The highest BCUT2D eigenvalue weighted by Crippen LogP contribution is 2.30. The van der Waals surface area contributed by atoms with Crippen molar-refractivity contribution in [1.29, 1.82) is 0 Å². The molecule has 2 aromatic heterocycles. The number of amides is 1. The van der Waals surface area contributed by atoms with Crippen LogP contribution in [0, 0.1) is 0 Å². The molecule has 0 aliphatic carbocycles. The van der Waals surface area contributed by atoms with Gasteiger partial charge in [-0.3, -0.25) is 9.52 Å². The molecule has 4 rings (SSSR count). The number of aromatic nitrogens is 1. The Kier molecular flexibility index (Phi) is 5.59. The number of sulfonamides is 1. The van der Waals surface area contributed by atoms with E-state index in [0.29, 0.717) is 16.9 Å².